The number of aromatic nitrogens is 2. The van der Waals surface area contributed by atoms with E-state index in [1.165, 1.54) is 18.5 Å². The highest BCUT2D eigenvalue weighted by Crippen LogP contribution is 2.32. The molecule has 1 aromatic carbocycles. The lowest BCUT2D eigenvalue weighted by molar-refractivity contribution is -0.137. The molecule has 0 amide bonds. The maximum absolute atomic E-state index is 12.5. The summed E-state index contributed by atoms with van der Waals surface area (Å²) in [5, 5.41) is 0. The Kier molecular flexibility index (Phi) is 3.21. The lowest BCUT2D eigenvalue weighted by Gasteiger charge is -2.10. The molecule has 0 unspecified atom stereocenters. The van der Waals surface area contributed by atoms with E-state index in [-0.39, 0.29) is 0 Å². The number of aromatic amines is 1. The summed E-state index contributed by atoms with van der Waals surface area (Å²) in [6.07, 6.45) is -1.32. The highest BCUT2D eigenvalue weighted by molar-refractivity contribution is 7.71. The first-order chi connectivity index (χ1) is 8.38. The van der Waals surface area contributed by atoms with Crippen LogP contribution in [-0.2, 0) is 6.18 Å². The van der Waals surface area contributed by atoms with Gasteiger partial charge in [-0.2, -0.15) is 13.2 Å². The van der Waals surface area contributed by atoms with Crippen LogP contribution in [0.5, 0.6) is 0 Å². The monoisotopic (exact) mass is 270 g/mol. The molecule has 18 heavy (non-hydrogen) atoms. The molecule has 0 saturated heterocycles. The summed E-state index contributed by atoms with van der Waals surface area (Å²) in [6, 6.07) is 3.58. The SMILES string of the molecule is Cc1cc(C(F)(F)F)ccc1-c1cncc(=S)[nH]1. The minimum Gasteiger partial charge on any atom is -0.344 e. The molecule has 1 N–H and O–H groups in total. The summed E-state index contributed by atoms with van der Waals surface area (Å²) in [6.45, 7) is 1.62. The first kappa shape index (κ1) is 12.8. The molecule has 0 spiro atoms. The third kappa shape index (κ3) is 2.59. The number of halogens is 3. The normalized spacial score (nSPS) is 11.6. The van der Waals surface area contributed by atoms with E-state index in [2.05, 4.69) is 9.97 Å². The number of hydrogen-bond donors (Lipinski definition) is 1. The van der Waals surface area contributed by atoms with Crippen molar-refractivity contribution < 1.29 is 13.2 Å². The highest BCUT2D eigenvalue weighted by Gasteiger charge is 2.30. The van der Waals surface area contributed by atoms with Gasteiger partial charge in [-0.1, -0.05) is 18.3 Å². The topological polar surface area (TPSA) is 28.7 Å². The fourth-order valence-electron chi connectivity index (χ4n) is 1.66. The average molecular weight is 270 g/mol. The van der Waals surface area contributed by atoms with Crippen LogP contribution in [0.1, 0.15) is 11.1 Å². The summed E-state index contributed by atoms with van der Waals surface area (Å²) in [7, 11) is 0. The Hall–Kier alpha value is -1.69. The second kappa shape index (κ2) is 4.53. The Balaban J connectivity index is 2.52. The first-order valence-corrected chi connectivity index (χ1v) is 5.51. The Bertz CT molecular complexity index is 632. The van der Waals surface area contributed by atoms with Gasteiger partial charge in [0.2, 0.25) is 0 Å². The molecule has 6 heteroatoms. The maximum Gasteiger partial charge on any atom is 0.416 e. The molecule has 0 radical (unpaired) electrons. The number of alkyl halides is 3. The lowest BCUT2D eigenvalue weighted by atomic mass is 10.0. The smallest absolute Gasteiger partial charge is 0.344 e. The van der Waals surface area contributed by atoms with Crippen LogP contribution in [0.25, 0.3) is 11.3 Å². The zero-order valence-corrected chi connectivity index (χ0v) is 10.2. The maximum atomic E-state index is 12.5. The van der Waals surface area contributed by atoms with E-state index in [0.29, 0.717) is 21.5 Å². The van der Waals surface area contributed by atoms with Gasteiger partial charge in [-0.05, 0) is 24.6 Å². The van der Waals surface area contributed by atoms with Crippen molar-refractivity contribution in [3.63, 3.8) is 0 Å². The molecule has 1 aromatic heterocycles. The van der Waals surface area contributed by atoms with Crippen LogP contribution >= 0.6 is 12.2 Å². The van der Waals surface area contributed by atoms with Gasteiger partial charge in [0.15, 0.2) is 0 Å². The Labute approximate surface area is 107 Å². The van der Waals surface area contributed by atoms with Gasteiger partial charge in [0, 0.05) is 5.56 Å². The van der Waals surface area contributed by atoms with Gasteiger partial charge in [-0.15, -0.1) is 0 Å². The van der Waals surface area contributed by atoms with Crippen LogP contribution in [0.3, 0.4) is 0 Å². The van der Waals surface area contributed by atoms with Crippen molar-refractivity contribution in [1.82, 2.24) is 9.97 Å². The number of rotatable bonds is 1. The van der Waals surface area contributed by atoms with E-state index in [4.69, 9.17) is 12.2 Å². The number of hydrogen-bond acceptors (Lipinski definition) is 2. The standard InChI is InChI=1S/C12H9F3N2S/c1-7-4-8(12(13,14)15)2-3-9(7)10-5-16-6-11(18)17-10/h2-6H,1H3,(H,17,18). The number of H-pyrrole nitrogens is 1. The summed E-state index contributed by atoms with van der Waals surface area (Å²) < 4.78 is 38.0. The zero-order chi connectivity index (χ0) is 13.3. The highest BCUT2D eigenvalue weighted by atomic mass is 32.1. The summed E-state index contributed by atoms with van der Waals surface area (Å²) in [5.41, 5.74) is 1.12. The Morgan fingerprint density at radius 3 is 2.50 bits per heavy atom. The number of benzene rings is 1. The zero-order valence-electron chi connectivity index (χ0n) is 9.38. The van der Waals surface area contributed by atoms with E-state index in [9.17, 15) is 13.2 Å². The van der Waals surface area contributed by atoms with Gasteiger partial charge in [0.1, 0.15) is 4.64 Å². The quantitative estimate of drug-likeness (QED) is 0.789. The first-order valence-electron chi connectivity index (χ1n) is 5.10. The van der Waals surface area contributed by atoms with Crippen molar-refractivity contribution in [2.75, 3.05) is 0 Å². The van der Waals surface area contributed by atoms with Gasteiger partial charge >= 0.3 is 6.18 Å². The number of aryl methyl sites for hydroxylation is 1. The van der Waals surface area contributed by atoms with Crippen molar-refractivity contribution in [2.45, 2.75) is 13.1 Å². The molecule has 0 fully saturated rings. The summed E-state index contributed by atoms with van der Waals surface area (Å²) in [4.78, 5) is 6.81. The molecule has 2 rings (SSSR count). The molecule has 94 valence electrons. The minimum atomic E-state index is -4.33. The number of nitrogens with zero attached hydrogens (tertiary/aromatic N) is 1. The predicted molar refractivity (Wildman–Crippen MR) is 64.6 cm³/mol. The van der Waals surface area contributed by atoms with Crippen molar-refractivity contribution in [2.24, 2.45) is 0 Å². The van der Waals surface area contributed by atoms with Crippen LogP contribution in [0.15, 0.2) is 30.6 Å². The van der Waals surface area contributed by atoms with Gasteiger partial charge in [-0.3, -0.25) is 4.98 Å². The van der Waals surface area contributed by atoms with Crippen LogP contribution in [0, 0.1) is 11.6 Å². The molecule has 2 nitrogen and oxygen atoms in total. The van der Waals surface area contributed by atoms with Gasteiger partial charge in [0.25, 0.3) is 0 Å². The van der Waals surface area contributed by atoms with Crippen molar-refractivity contribution >= 4 is 12.2 Å². The van der Waals surface area contributed by atoms with Gasteiger partial charge < -0.3 is 4.98 Å². The summed E-state index contributed by atoms with van der Waals surface area (Å²) >= 11 is 4.93. The second-order valence-corrected chi connectivity index (χ2v) is 4.28. The lowest BCUT2D eigenvalue weighted by Crippen LogP contribution is -2.05. The van der Waals surface area contributed by atoms with Crippen molar-refractivity contribution in [3.8, 4) is 11.3 Å². The van der Waals surface area contributed by atoms with Crippen LogP contribution < -0.4 is 0 Å². The summed E-state index contributed by atoms with van der Waals surface area (Å²) in [5.74, 6) is 0. The van der Waals surface area contributed by atoms with Crippen LogP contribution in [-0.4, -0.2) is 9.97 Å². The molecule has 0 atom stereocenters. The van der Waals surface area contributed by atoms with Gasteiger partial charge in [-0.25, -0.2) is 0 Å². The minimum absolute atomic E-state index is 0.437. The Morgan fingerprint density at radius 2 is 1.94 bits per heavy atom. The molecule has 1 heterocycles. The van der Waals surface area contributed by atoms with Crippen molar-refractivity contribution in [3.05, 3.63) is 46.4 Å². The van der Waals surface area contributed by atoms with Crippen LogP contribution in [0.2, 0.25) is 0 Å². The third-order valence-corrected chi connectivity index (χ3v) is 2.70. The predicted octanol–water partition coefficient (Wildman–Crippen LogP) is 4.13. The molecule has 0 aliphatic heterocycles. The second-order valence-electron chi connectivity index (χ2n) is 3.84. The molecule has 0 bridgehead atoms. The van der Waals surface area contributed by atoms with E-state index in [0.717, 1.165) is 12.1 Å². The third-order valence-electron chi connectivity index (χ3n) is 2.50. The van der Waals surface area contributed by atoms with Gasteiger partial charge in [0.05, 0.1) is 23.7 Å². The van der Waals surface area contributed by atoms with E-state index in [1.807, 2.05) is 0 Å². The molecule has 2 aromatic rings. The van der Waals surface area contributed by atoms with Crippen molar-refractivity contribution in [1.29, 1.82) is 0 Å². The van der Waals surface area contributed by atoms with Crippen LogP contribution in [0.4, 0.5) is 13.2 Å². The molecule has 0 saturated carbocycles. The molecular weight excluding hydrogens is 261 g/mol. The van der Waals surface area contributed by atoms with E-state index >= 15 is 0 Å². The fraction of sp³-hybridized carbons (Fsp3) is 0.167. The molecule has 0 aliphatic rings. The Morgan fingerprint density at radius 1 is 1.22 bits per heavy atom. The largest absolute Gasteiger partial charge is 0.416 e. The average Bonchev–Trinajstić information content (AvgIpc) is 2.27. The number of nitrogens with one attached hydrogen (secondary N) is 1. The molecular formula is C12H9F3N2S. The fourth-order valence-corrected chi connectivity index (χ4v) is 1.83. The van der Waals surface area contributed by atoms with E-state index < -0.39 is 11.7 Å². The molecule has 0 aliphatic carbocycles. The van der Waals surface area contributed by atoms with E-state index in [1.54, 1.807) is 6.92 Å².